The van der Waals surface area contributed by atoms with Gasteiger partial charge in [0.25, 0.3) is 0 Å². The molecule has 2 rings (SSSR count). The van der Waals surface area contributed by atoms with Crippen molar-refractivity contribution in [1.29, 1.82) is 0 Å². The lowest BCUT2D eigenvalue weighted by molar-refractivity contribution is -0.0761. The molecule has 0 aliphatic carbocycles. The van der Waals surface area contributed by atoms with Gasteiger partial charge in [-0.1, -0.05) is 15.9 Å². The summed E-state index contributed by atoms with van der Waals surface area (Å²) < 4.78 is 6.13. The summed E-state index contributed by atoms with van der Waals surface area (Å²) >= 11 is 5.18. The third-order valence-electron chi connectivity index (χ3n) is 2.77. The Balaban J connectivity index is 2.21. The Kier molecular flexibility index (Phi) is 2.70. The van der Waals surface area contributed by atoms with Crippen LogP contribution in [-0.2, 0) is 10.3 Å². The maximum absolute atomic E-state index is 6.13. The summed E-state index contributed by atoms with van der Waals surface area (Å²) in [7, 11) is 0. The molecule has 0 bridgehead atoms. The number of hydrogen-bond donors (Lipinski definition) is 0. The Morgan fingerprint density at radius 1 is 1.57 bits per heavy atom. The van der Waals surface area contributed by atoms with Gasteiger partial charge >= 0.3 is 0 Å². The van der Waals surface area contributed by atoms with Gasteiger partial charge in [-0.25, -0.2) is 4.98 Å². The lowest BCUT2D eigenvalue weighted by Gasteiger charge is -2.27. The third-order valence-corrected chi connectivity index (χ3v) is 4.97. The minimum Gasteiger partial charge on any atom is -0.361 e. The van der Waals surface area contributed by atoms with Gasteiger partial charge < -0.3 is 4.74 Å². The van der Waals surface area contributed by atoms with Gasteiger partial charge in [0, 0.05) is 16.9 Å². The SMILES string of the molecule is CC1(CBr)CCC(C)(c2nccs2)O1. The van der Waals surface area contributed by atoms with E-state index in [1.165, 1.54) is 0 Å². The van der Waals surface area contributed by atoms with Crippen molar-refractivity contribution < 1.29 is 4.74 Å². The summed E-state index contributed by atoms with van der Waals surface area (Å²) in [4.78, 5) is 4.35. The molecule has 2 nitrogen and oxygen atoms in total. The summed E-state index contributed by atoms with van der Waals surface area (Å²) in [5.41, 5.74) is -0.197. The molecule has 2 atom stereocenters. The lowest BCUT2D eigenvalue weighted by Crippen LogP contribution is -2.30. The minimum atomic E-state index is -0.170. The molecule has 0 amide bonds. The van der Waals surface area contributed by atoms with Crippen molar-refractivity contribution in [2.45, 2.75) is 37.9 Å². The molecule has 1 aliphatic heterocycles. The molecular weight excluding hydrogens is 262 g/mol. The minimum absolute atomic E-state index is 0.0274. The number of halogens is 1. The van der Waals surface area contributed by atoms with Crippen LogP contribution in [0.15, 0.2) is 11.6 Å². The van der Waals surface area contributed by atoms with E-state index < -0.39 is 0 Å². The van der Waals surface area contributed by atoms with Crippen molar-refractivity contribution in [2.24, 2.45) is 0 Å². The summed E-state index contributed by atoms with van der Waals surface area (Å²) in [6, 6.07) is 0. The number of thiazole rings is 1. The number of nitrogens with zero attached hydrogens (tertiary/aromatic N) is 1. The zero-order chi connectivity index (χ0) is 10.2. The number of hydrogen-bond acceptors (Lipinski definition) is 3. The molecule has 1 aromatic heterocycles. The van der Waals surface area contributed by atoms with Crippen molar-refractivity contribution in [2.75, 3.05) is 5.33 Å². The van der Waals surface area contributed by atoms with Crippen LogP contribution in [0.3, 0.4) is 0 Å². The fourth-order valence-corrected chi connectivity index (χ4v) is 3.04. The zero-order valence-corrected chi connectivity index (χ0v) is 10.8. The molecule has 4 heteroatoms. The predicted octanol–water partition coefficient (Wildman–Crippen LogP) is 3.32. The van der Waals surface area contributed by atoms with Gasteiger partial charge in [-0.05, 0) is 26.7 Å². The predicted molar refractivity (Wildman–Crippen MR) is 62.0 cm³/mol. The van der Waals surface area contributed by atoms with Crippen LogP contribution < -0.4 is 0 Å². The van der Waals surface area contributed by atoms with Gasteiger partial charge in [0.15, 0.2) is 0 Å². The molecule has 1 saturated heterocycles. The summed E-state index contributed by atoms with van der Waals surface area (Å²) in [5, 5.41) is 4.00. The van der Waals surface area contributed by atoms with E-state index in [9.17, 15) is 0 Å². The van der Waals surface area contributed by atoms with Crippen LogP contribution in [0, 0.1) is 0 Å². The highest BCUT2D eigenvalue weighted by Gasteiger charge is 2.45. The second-order valence-corrected chi connectivity index (χ2v) is 5.71. The highest BCUT2D eigenvalue weighted by Crippen LogP contribution is 2.45. The van der Waals surface area contributed by atoms with Crippen LogP contribution in [0.5, 0.6) is 0 Å². The average molecular weight is 276 g/mol. The first-order valence-corrected chi connectivity index (χ1v) is 6.74. The molecule has 1 aliphatic rings. The van der Waals surface area contributed by atoms with Gasteiger partial charge in [-0.15, -0.1) is 11.3 Å². The van der Waals surface area contributed by atoms with Gasteiger partial charge in [-0.3, -0.25) is 0 Å². The van der Waals surface area contributed by atoms with Crippen molar-refractivity contribution in [3.63, 3.8) is 0 Å². The standard InChI is InChI=1S/C10H14BrNOS/c1-9(7-11)3-4-10(2,13-9)8-12-5-6-14-8/h5-6H,3-4,7H2,1-2H3. The Bertz CT molecular complexity index is 316. The number of aromatic nitrogens is 1. The highest BCUT2D eigenvalue weighted by atomic mass is 79.9. The molecule has 2 heterocycles. The summed E-state index contributed by atoms with van der Waals surface area (Å²) in [6.45, 7) is 4.29. The summed E-state index contributed by atoms with van der Waals surface area (Å²) in [5.74, 6) is 0. The van der Waals surface area contributed by atoms with Gasteiger partial charge in [0.05, 0.1) is 5.60 Å². The Hall–Kier alpha value is 0.0700. The van der Waals surface area contributed by atoms with Crippen LogP contribution in [0.4, 0.5) is 0 Å². The van der Waals surface area contributed by atoms with Crippen molar-refractivity contribution in [3.05, 3.63) is 16.6 Å². The van der Waals surface area contributed by atoms with Crippen LogP contribution in [-0.4, -0.2) is 15.9 Å². The third kappa shape index (κ3) is 1.75. The fourth-order valence-electron chi connectivity index (χ4n) is 1.88. The van der Waals surface area contributed by atoms with E-state index in [4.69, 9.17) is 4.74 Å². The molecular formula is C10H14BrNOS. The molecule has 1 aromatic rings. The van der Waals surface area contributed by atoms with Gasteiger partial charge in [0.1, 0.15) is 10.6 Å². The second-order valence-electron chi connectivity index (χ2n) is 4.25. The smallest absolute Gasteiger partial charge is 0.124 e. The van der Waals surface area contributed by atoms with E-state index in [1.807, 2.05) is 11.6 Å². The van der Waals surface area contributed by atoms with E-state index in [1.54, 1.807) is 11.3 Å². The van der Waals surface area contributed by atoms with Crippen LogP contribution in [0.25, 0.3) is 0 Å². The Morgan fingerprint density at radius 2 is 2.36 bits per heavy atom. The quantitative estimate of drug-likeness (QED) is 0.773. The molecule has 0 spiro atoms. The first-order chi connectivity index (χ1) is 6.58. The van der Waals surface area contributed by atoms with E-state index >= 15 is 0 Å². The zero-order valence-electron chi connectivity index (χ0n) is 8.42. The van der Waals surface area contributed by atoms with Crippen LogP contribution >= 0.6 is 27.3 Å². The monoisotopic (exact) mass is 275 g/mol. The topological polar surface area (TPSA) is 22.1 Å². The normalized spacial score (nSPS) is 37.6. The van der Waals surface area contributed by atoms with E-state index in [-0.39, 0.29) is 11.2 Å². The van der Waals surface area contributed by atoms with Crippen molar-refractivity contribution >= 4 is 27.3 Å². The van der Waals surface area contributed by atoms with E-state index in [2.05, 4.69) is 34.8 Å². The Morgan fingerprint density at radius 3 is 2.86 bits per heavy atom. The molecule has 78 valence electrons. The number of alkyl halides is 1. The van der Waals surface area contributed by atoms with Crippen LogP contribution in [0.2, 0.25) is 0 Å². The Labute approximate surface area is 96.8 Å². The summed E-state index contributed by atoms with van der Waals surface area (Å²) in [6.07, 6.45) is 4.00. The first kappa shape index (κ1) is 10.6. The lowest BCUT2D eigenvalue weighted by atomic mass is 10.00. The first-order valence-electron chi connectivity index (χ1n) is 4.74. The molecule has 2 unspecified atom stereocenters. The largest absolute Gasteiger partial charge is 0.361 e. The molecule has 0 N–H and O–H groups in total. The van der Waals surface area contributed by atoms with Gasteiger partial charge in [0.2, 0.25) is 0 Å². The molecule has 0 aromatic carbocycles. The molecule has 1 fully saturated rings. The maximum Gasteiger partial charge on any atom is 0.124 e. The second kappa shape index (κ2) is 3.58. The fraction of sp³-hybridized carbons (Fsp3) is 0.700. The van der Waals surface area contributed by atoms with E-state index in [0.29, 0.717) is 0 Å². The van der Waals surface area contributed by atoms with Gasteiger partial charge in [-0.2, -0.15) is 0 Å². The average Bonchev–Trinajstić information content (AvgIpc) is 2.75. The molecule has 0 radical (unpaired) electrons. The number of rotatable bonds is 2. The van der Waals surface area contributed by atoms with E-state index in [0.717, 1.165) is 23.2 Å². The van der Waals surface area contributed by atoms with Crippen molar-refractivity contribution in [3.8, 4) is 0 Å². The van der Waals surface area contributed by atoms with Crippen molar-refractivity contribution in [1.82, 2.24) is 4.98 Å². The molecule has 0 saturated carbocycles. The maximum atomic E-state index is 6.13. The molecule has 14 heavy (non-hydrogen) atoms. The number of ether oxygens (including phenoxy) is 1. The highest BCUT2D eigenvalue weighted by molar-refractivity contribution is 9.09. The van der Waals surface area contributed by atoms with Crippen LogP contribution in [0.1, 0.15) is 31.7 Å².